The highest BCUT2D eigenvalue weighted by Crippen LogP contribution is 2.20. The molecule has 1 atom stereocenters. The normalized spacial score (nSPS) is 16.7. The van der Waals surface area contributed by atoms with E-state index in [2.05, 4.69) is 5.32 Å². The Balaban J connectivity index is 1.51. The van der Waals surface area contributed by atoms with Gasteiger partial charge in [0.2, 0.25) is 10.0 Å². The number of amides is 1. The molecule has 0 saturated carbocycles. The summed E-state index contributed by atoms with van der Waals surface area (Å²) in [7, 11) is -2.07. The molecule has 3 rings (SSSR count). The van der Waals surface area contributed by atoms with Gasteiger partial charge in [-0.1, -0.05) is 30.3 Å². The maximum atomic E-state index is 12.7. The lowest BCUT2D eigenvalue weighted by Crippen LogP contribution is -2.35. The van der Waals surface area contributed by atoms with Gasteiger partial charge < -0.3 is 14.8 Å². The first kappa shape index (κ1) is 21.3. The van der Waals surface area contributed by atoms with E-state index >= 15 is 0 Å². The lowest BCUT2D eigenvalue weighted by atomic mass is 10.2. The summed E-state index contributed by atoms with van der Waals surface area (Å²) in [6.07, 6.45) is 2.05. The van der Waals surface area contributed by atoms with Crippen molar-refractivity contribution in [3.05, 3.63) is 60.2 Å². The number of hydrogen-bond acceptors (Lipinski definition) is 5. The van der Waals surface area contributed by atoms with E-state index < -0.39 is 10.0 Å². The molecule has 8 heteroatoms. The minimum Gasteiger partial charge on any atom is -0.484 e. The third-order valence-electron chi connectivity index (χ3n) is 4.70. The van der Waals surface area contributed by atoms with E-state index in [1.54, 1.807) is 19.2 Å². The van der Waals surface area contributed by atoms with Crippen LogP contribution >= 0.6 is 0 Å². The molecule has 156 valence electrons. The van der Waals surface area contributed by atoms with Gasteiger partial charge in [0, 0.05) is 26.7 Å². The molecule has 0 aliphatic carbocycles. The number of sulfonamides is 1. The van der Waals surface area contributed by atoms with Crippen molar-refractivity contribution in [2.75, 3.05) is 26.8 Å². The second kappa shape index (κ2) is 9.87. The molecule has 1 saturated heterocycles. The van der Waals surface area contributed by atoms with Crippen LogP contribution in [0.25, 0.3) is 0 Å². The van der Waals surface area contributed by atoms with Gasteiger partial charge in [0.05, 0.1) is 11.0 Å². The second-order valence-electron chi connectivity index (χ2n) is 6.95. The molecule has 1 heterocycles. The predicted molar refractivity (Wildman–Crippen MR) is 109 cm³/mol. The summed E-state index contributed by atoms with van der Waals surface area (Å²) in [6, 6.07) is 15.5. The van der Waals surface area contributed by atoms with Crippen LogP contribution in [-0.2, 0) is 26.1 Å². The molecule has 2 aromatic rings. The van der Waals surface area contributed by atoms with Gasteiger partial charge in [-0.3, -0.25) is 4.79 Å². The van der Waals surface area contributed by atoms with E-state index in [0.29, 0.717) is 12.3 Å². The Labute approximate surface area is 171 Å². The van der Waals surface area contributed by atoms with Crippen LogP contribution in [0.5, 0.6) is 5.75 Å². The van der Waals surface area contributed by atoms with E-state index in [1.165, 1.54) is 16.4 Å². The van der Waals surface area contributed by atoms with Crippen molar-refractivity contribution < 1.29 is 22.7 Å². The van der Waals surface area contributed by atoms with Gasteiger partial charge in [0.15, 0.2) is 6.61 Å². The van der Waals surface area contributed by atoms with E-state index in [0.717, 1.165) is 25.0 Å². The Morgan fingerprint density at radius 2 is 1.90 bits per heavy atom. The summed E-state index contributed by atoms with van der Waals surface area (Å²) in [5.74, 6) is 0.196. The van der Waals surface area contributed by atoms with Crippen LogP contribution in [-0.4, -0.2) is 51.5 Å². The number of carbonyl (C=O) groups is 1. The van der Waals surface area contributed by atoms with Crippen LogP contribution in [0.3, 0.4) is 0 Å². The minimum absolute atomic E-state index is 0.0799. The fourth-order valence-electron chi connectivity index (χ4n) is 3.05. The smallest absolute Gasteiger partial charge is 0.258 e. The molecule has 1 fully saturated rings. The van der Waals surface area contributed by atoms with Crippen molar-refractivity contribution in [2.24, 2.45) is 0 Å². The monoisotopic (exact) mass is 418 g/mol. The number of benzene rings is 2. The zero-order valence-electron chi connectivity index (χ0n) is 16.4. The van der Waals surface area contributed by atoms with Gasteiger partial charge in [-0.2, -0.15) is 4.31 Å². The Bertz CT molecular complexity index is 894. The third-order valence-corrected chi connectivity index (χ3v) is 6.52. The summed E-state index contributed by atoms with van der Waals surface area (Å²) in [6.45, 7) is 1.37. The van der Waals surface area contributed by atoms with E-state index in [-0.39, 0.29) is 30.1 Å². The minimum atomic E-state index is -3.62. The molecule has 1 N–H and O–H groups in total. The lowest BCUT2D eigenvalue weighted by Gasteiger charge is -2.17. The summed E-state index contributed by atoms with van der Waals surface area (Å²) < 4.78 is 37.7. The molecule has 2 aromatic carbocycles. The number of nitrogens with zero attached hydrogens (tertiary/aromatic N) is 1. The average molecular weight is 419 g/mol. The molecule has 0 radical (unpaired) electrons. The lowest BCUT2D eigenvalue weighted by molar-refractivity contribution is -0.123. The van der Waals surface area contributed by atoms with Crippen LogP contribution in [0, 0.1) is 0 Å². The largest absolute Gasteiger partial charge is 0.484 e. The average Bonchev–Trinajstić information content (AvgIpc) is 3.25. The summed E-state index contributed by atoms with van der Waals surface area (Å²) in [5.41, 5.74) is 0.910. The fraction of sp³-hybridized carbons (Fsp3) is 0.381. The molecular weight excluding hydrogens is 392 g/mol. The van der Waals surface area contributed by atoms with Gasteiger partial charge >= 0.3 is 0 Å². The van der Waals surface area contributed by atoms with Gasteiger partial charge in [-0.05, 0) is 42.7 Å². The van der Waals surface area contributed by atoms with Gasteiger partial charge in [0.25, 0.3) is 5.91 Å². The molecule has 1 aliphatic heterocycles. The van der Waals surface area contributed by atoms with Crippen molar-refractivity contribution >= 4 is 15.9 Å². The van der Waals surface area contributed by atoms with Crippen molar-refractivity contribution in [2.45, 2.75) is 30.4 Å². The van der Waals surface area contributed by atoms with Gasteiger partial charge in [-0.15, -0.1) is 0 Å². The molecule has 0 spiro atoms. The predicted octanol–water partition coefficient (Wildman–Crippen LogP) is 2.18. The van der Waals surface area contributed by atoms with Crippen LogP contribution < -0.4 is 10.1 Å². The first-order valence-electron chi connectivity index (χ1n) is 9.56. The highest BCUT2D eigenvalue weighted by Gasteiger charge is 2.21. The van der Waals surface area contributed by atoms with Crippen LogP contribution in [0.2, 0.25) is 0 Å². The zero-order valence-corrected chi connectivity index (χ0v) is 17.2. The topological polar surface area (TPSA) is 84.9 Å². The van der Waals surface area contributed by atoms with Crippen molar-refractivity contribution in [3.8, 4) is 5.75 Å². The zero-order chi connectivity index (χ0) is 20.7. The highest BCUT2D eigenvalue weighted by molar-refractivity contribution is 7.89. The van der Waals surface area contributed by atoms with Crippen LogP contribution in [0.1, 0.15) is 18.4 Å². The number of hydrogen-bond donors (Lipinski definition) is 1. The Morgan fingerprint density at radius 1 is 1.17 bits per heavy atom. The maximum absolute atomic E-state index is 12.7. The van der Waals surface area contributed by atoms with Crippen molar-refractivity contribution in [1.82, 2.24) is 9.62 Å². The Hall–Kier alpha value is -2.42. The van der Waals surface area contributed by atoms with E-state index in [1.807, 2.05) is 30.3 Å². The van der Waals surface area contributed by atoms with Crippen molar-refractivity contribution in [3.63, 3.8) is 0 Å². The van der Waals surface area contributed by atoms with Crippen LogP contribution in [0.15, 0.2) is 59.5 Å². The second-order valence-corrected chi connectivity index (χ2v) is 8.99. The molecule has 7 nitrogen and oxygen atoms in total. The molecule has 0 bridgehead atoms. The molecular formula is C21H26N2O5S. The summed E-state index contributed by atoms with van der Waals surface area (Å²) in [5, 5.41) is 2.78. The standard InChI is InChI=1S/C21H26N2O5S/c1-23(15-17-6-3-2-4-7-17)29(25,26)20-11-9-18(10-12-20)28-16-21(24)22-14-19-8-5-13-27-19/h2-4,6-7,9-12,19H,5,8,13-16H2,1H3,(H,22,24)/t19-/m0/s1. The first-order chi connectivity index (χ1) is 13.9. The number of nitrogens with one attached hydrogen (secondary N) is 1. The number of carbonyl (C=O) groups excluding carboxylic acids is 1. The molecule has 29 heavy (non-hydrogen) atoms. The first-order valence-corrected chi connectivity index (χ1v) is 11.0. The van der Waals surface area contributed by atoms with E-state index in [9.17, 15) is 13.2 Å². The fourth-order valence-corrected chi connectivity index (χ4v) is 4.21. The van der Waals surface area contributed by atoms with Gasteiger partial charge in [-0.25, -0.2) is 8.42 Å². The Morgan fingerprint density at radius 3 is 2.55 bits per heavy atom. The summed E-state index contributed by atoms with van der Waals surface area (Å²) >= 11 is 0. The Kier molecular flexibility index (Phi) is 7.24. The SMILES string of the molecule is CN(Cc1ccccc1)S(=O)(=O)c1ccc(OCC(=O)NC[C@@H]2CCCO2)cc1. The van der Waals surface area contributed by atoms with Gasteiger partial charge in [0.1, 0.15) is 5.75 Å². The molecule has 0 aromatic heterocycles. The molecule has 1 amide bonds. The number of rotatable bonds is 9. The number of ether oxygens (including phenoxy) is 2. The van der Waals surface area contributed by atoms with Crippen molar-refractivity contribution in [1.29, 1.82) is 0 Å². The molecule has 0 unspecified atom stereocenters. The molecule has 1 aliphatic rings. The maximum Gasteiger partial charge on any atom is 0.258 e. The van der Waals surface area contributed by atoms with Crippen LogP contribution in [0.4, 0.5) is 0 Å². The van der Waals surface area contributed by atoms with E-state index in [4.69, 9.17) is 9.47 Å². The highest BCUT2D eigenvalue weighted by atomic mass is 32.2. The quantitative estimate of drug-likeness (QED) is 0.675. The third kappa shape index (κ3) is 6.03. The summed E-state index contributed by atoms with van der Waals surface area (Å²) in [4.78, 5) is 12.0.